The molecule has 11 heteroatoms. The van der Waals surface area contributed by atoms with Crippen LogP contribution in [0.2, 0.25) is 0 Å². The van der Waals surface area contributed by atoms with E-state index in [1.165, 1.54) is 22.7 Å². The molecule has 3 aromatic rings. The Morgan fingerprint density at radius 1 is 1.00 bits per heavy atom. The molecule has 0 aromatic heterocycles. The highest BCUT2D eigenvalue weighted by Gasteiger charge is 2.34. The molecule has 3 N–H and O–H groups in total. The number of benzene rings is 3. The molecule has 10 nitrogen and oxygen atoms in total. The Bertz CT molecular complexity index is 1530. The van der Waals surface area contributed by atoms with Crippen molar-refractivity contribution in [2.75, 3.05) is 33.2 Å². The summed E-state index contributed by atoms with van der Waals surface area (Å²) in [5, 5.41) is 24.7. The van der Waals surface area contributed by atoms with Gasteiger partial charge in [-0.05, 0) is 60.7 Å². The molecule has 4 rings (SSSR count). The third kappa shape index (κ3) is 8.52. The van der Waals surface area contributed by atoms with E-state index in [2.05, 4.69) is 5.32 Å². The first-order valence-electron chi connectivity index (χ1n) is 15.3. The van der Waals surface area contributed by atoms with E-state index in [1.807, 2.05) is 56.3 Å². The molecule has 2 atom stereocenters. The normalized spacial score (nSPS) is 13.8. The molecule has 0 spiro atoms. The zero-order valence-electron chi connectivity index (χ0n) is 27.0. The average Bonchev–Trinajstić information content (AvgIpc) is 3.06. The Hall–Kier alpha value is -4.22. The van der Waals surface area contributed by atoms with Crippen LogP contribution >= 0.6 is 11.8 Å². The van der Waals surface area contributed by atoms with Crippen LogP contribution in [0.5, 0.6) is 17.2 Å². The lowest BCUT2D eigenvalue weighted by molar-refractivity contribution is -0.146. The number of ether oxygens (including phenoxy) is 2. The van der Waals surface area contributed by atoms with Gasteiger partial charge in [0.15, 0.2) is 17.6 Å². The number of carbonyl (C=O) groups excluding carboxylic acids is 3. The second-order valence-corrected chi connectivity index (χ2v) is 13.1. The molecule has 0 aliphatic carbocycles. The predicted octanol–water partition coefficient (Wildman–Crippen LogP) is 3.93. The molecular weight excluding hydrogens is 606 g/mol. The summed E-state index contributed by atoms with van der Waals surface area (Å²) in [5.41, 5.74) is 3.45. The van der Waals surface area contributed by atoms with Gasteiger partial charge in [-0.2, -0.15) is 0 Å². The van der Waals surface area contributed by atoms with Gasteiger partial charge in [-0.15, -0.1) is 11.8 Å². The van der Waals surface area contributed by atoms with Crippen molar-refractivity contribution in [2.24, 2.45) is 0 Å². The van der Waals surface area contributed by atoms with Crippen LogP contribution in [0.15, 0.2) is 60.7 Å². The molecule has 0 saturated carbocycles. The summed E-state index contributed by atoms with van der Waals surface area (Å²) in [6, 6.07) is 16.7. The standard InChI is InChI=1S/C35H43N3O7S/c1-22(2)46-21-38(20-32(40)37-15-14-25-17-30(44-4)31(45-5)18-26(25)19-37)35(43)33(41)28(16-24-10-7-6-8-11-24)36-34(42)27-12-9-13-29(39)23(27)3/h6-13,17-18,22,28,33,39,41H,14-16,19-21H2,1-5H3,(H,36,42)/t28-,33-/m0/s1. The number of phenolic OH excluding ortho intramolecular Hbond substituents is 1. The number of thioether (sulfide) groups is 1. The van der Waals surface area contributed by atoms with Gasteiger partial charge in [-0.1, -0.05) is 50.2 Å². The summed E-state index contributed by atoms with van der Waals surface area (Å²) in [7, 11) is 3.15. The van der Waals surface area contributed by atoms with Gasteiger partial charge in [-0.25, -0.2) is 0 Å². The van der Waals surface area contributed by atoms with E-state index in [0.29, 0.717) is 36.6 Å². The first-order valence-corrected chi connectivity index (χ1v) is 16.3. The number of nitrogens with zero attached hydrogens (tertiary/aromatic N) is 2. The fourth-order valence-corrected chi connectivity index (χ4v) is 6.07. The van der Waals surface area contributed by atoms with Crippen LogP contribution in [0.25, 0.3) is 0 Å². The second-order valence-electron chi connectivity index (χ2n) is 11.6. The zero-order chi connectivity index (χ0) is 33.4. The number of hydrogen-bond acceptors (Lipinski definition) is 8. The van der Waals surface area contributed by atoms with E-state index < -0.39 is 24.0 Å². The number of phenols is 1. The molecule has 3 amide bonds. The van der Waals surface area contributed by atoms with E-state index in [0.717, 1.165) is 16.7 Å². The van der Waals surface area contributed by atoms with Crippen molar-refractivity contribution in [2.45, 2.75) is 57.6 Å². The number of aliphatic hydroxyl groups is 1. The first-order chi connectivity index (χ1) is 22.0. The Morgan fingerprint density at radius 3 is 2.33 bits per heavy atom. The summed E-state index contributed by atoms with van der Waals surface area (Å²) in [6.45, 7) is 6.21. The molecule has 3 aromatic carbocycles. The maximum Gasteiger partial charge on any atom is 0.254 e. The van der Waals surface area contributed by atoms with E-state index in [4.69, 9.17) is 9.47 Å². The van der Waals surface area contributed by atoms with Gasteiger partial charge in [0.05, 0.1) is 26.1 Å². The monoisotopic (exact) mass is 649 g/mol. The van der Waals surface area contributed by atoms with Crippen molar-refractivity contribution in [3.63, 3.8) is 0 Å². The maximum atomic E-state index is 14.0. The molecule has 0 radical (unpaired) electrons. The topological polar surface area (TPSA) is 129 Å². The minimum atomic E-state index is -1.64. The SMILES string of the molecule is COc1cc2c(cc1OC)CN(C(=O)CN(CSC(C)C)C(=O)[C@@H](O)[C@H](Cc1ccccc1)NC(=O)c1cccc(O)c1C)CC2. The number of aliphatic hydroxyl groups excluding tert-OH is 1. The fourth-order valence-electron chi connectivity index (χ4n) is 5.37. The quantitative estimate of drug-likeness (QED) is 0.238. The number of amides is 3. The van der Waals surface area contributed by atoms with Gasteiger partial charge < -0.3 is 34.8 Å². The number of rotatable bonds is 13. The Balaban J connectivity index is 1.55. The highest BCUT2D eigenvalue weighted by molar-refractivity contribution is 7.99. The van der Waals surface area contributed by atoms with E-state index in [1.54, 1.807) is 38.2 Å². The smallest absolute Gasteiger partial charge is 0.254 e. The summed E-state index contributed by atoms with van der Waals surface area (Å²) < 4.78 is 10.9. The van der Waals surface area contributed by atoms with Crippen LogP contribution in [-0.2, 0) is 29.0 Å². The van der Waals surface area contributed by atoms with Gasteiger partial charge in [0.1, 0.15) is 12.3 Å². The molecular formula is C35H43N3O7S. The van der Waals surface area contributed by atoms with E-state index >= 15 is 0 Å². The molecule has 0 fully saturated rings. The van der Waals surface area contributed by atoms with Crippen LogP contribution < -0.4 is 14.8 Å². The largest absolute Gasteiger partial charge is 0.508 e. The van der Waals surface area contributed by atoms with Crippen molar-refractivity contribution < 1.29 is 34.1 Å². The Labute approximate surface area is 274 Å². The van der Waals surface area contributed by atoms with Crippen LogP contribution in [-0.4, -0.2) is 88.3 Å². The number of carbonyl (C=O) groups is 3. The maximum absolute atomic E-state index is 14.0. The molecule has 246 valence electrons. The van der Waals surface area contributed by atoms with Crippen LogP contribution in [0.1, 0.15) is 46.5 Å². The van der Waals surface area contributed by atoms with Crippen LogP contribution in [0.4, 0.5) is 0 Å². The summed E-state index contributed by atoms with van der Waals surface area (Å²) in [6.07, 6.45) is -0.843. The Morgan fingerprint density at radius 2 is 1.67 bits per heavy atom. The van der Waals surface area contributed by atoms with Crippen LogP contribution in [0, 0.1) is 6.92 Å². The fraction of sp³-hybridized carbons (Fsp3) is 0.400. The number of nitrogens with one attached hydrogen (secondary N) is 1. The lowest BCUT2D eigenvalue weighted by Crippen LogP contribution is -2.54. The molecule has 1 aliphatic heterocycles. The van der Waals surface area contributed by atoms with Gasteiger partial charge >= 0.3 is 0 Å². The van der Waals surface area contributed by atoms with Gasteiger partial charge in [0.25, 0.3) is 11.8 Å². The van der Waals surface area contributed by atoms with Gasteiger partial charge in [0, 0.05) is 29.5 Å². The number of fused-ring (bicyclic) bond motifs is 1. The van der Waals surface area contributed by atoms with E-state index in [-0.39, 0.29) is 41.3 Å². The molecule has 1 heterocycles. The minimum absolute atomic E-state index is 0.0304. The zero-order valence-corrected chi connectivity index (χ0v) is 27.8. The minimum Gasteiger partial charge on any atom is -0.508 e. The highest BCUT2D eigenvalue weighted by atomic mass is 32.2. The average molecular weight is 650 g/mol. The van der Waals surface area contributed by atoms with Crippen molar-refractivity contribution in [1.29, 1.82) is 0 Å². The lowest BCUT2D eigenvalue weighted by Gasteiger charge is -2.33. The number of aromatic hydroxyl groups is 1. The highest BCUT2D eigenvalue weighted by Crippen LogP contribution is 2.33. The van der Waals surface area contributed by atoms with Crippen molar-refractivity contribution in [3.05, 3.63) is 88.5 Å². The van der Waals surface area contributed by atoms with Gasteiger partial charge in [0.2, 0.25) is 5.91 Å². The van der Waals surface area contributed by atoms with Gasteiger partial charge in [-0.3, -0.25) is 14.4 Å². The second kappa shape index (κ2) is 15.9. The number of methoxy groups -OCH3 is 2. The molecule has 46 heavy (non-hydrogen) atoms. The third-order valence-electron chi connectivity index (χ3n) is 8.07. The summed E-state index contributed by atoms with van der Waals surface area (Å²) in [5.74, 6) is -0.0582. The predicted molar refractivity (Wildman–Crippen MR) is 178 cm³/mol. The summed E-state index contributed by atoms with van der Waals surface area (Å²) >= 11 is 1.48. The Kier molecular flexibility index (Phi) is 11.9. The molecule has 0 bridgehead atoms. The number of hydrogen-bond donors (Lipinski definition) is 3. The lowest BCUT2D eigenvalue weighted by atomic mass is 9.98. The van der Waals surface area contributed by atoms with Crippen molar-refractivity contribution in [1.82, 2.24) is 15.1 Å². The molecule has 1 aliphatic rings. The van der Waals surface area contributed by atoms with Crippen molar-refractivity contribution in [3.8, 4) is 17.2 Å². The van der Waals surface area contributed by atoms with Crippen LogP contribution in [0.3, 0.4) is 0 Å². The third-order valence-corrected chi connectivity index (χ3v) is 9.20. The first kappa shape index (κ1) is 34.6. The molecule has 0 unspecified atom stereocenters. The van der Waals surface area contributed by atoms with E-state index in [9.17, 15) is 24.6 Å². The van der Waals surface area contributed by atoms with Crippen molar-refractivity contribution >= 4 is 29.5 Å². The summed E-state index contributed by atoms with van der Waals surface area (Å²) in [4.78, 5) is 44.1. The molecule has 0 saturated heterocycles.